The Labute approximate surface area is 212 Å². The summed E-state index contributed by atoms with van der Waals surface area (Å²) in [5, 5.41) is 16.9. The van der Waals surface area contributed by atoms with Gasteiger partial charge in [0, 0.05) is 33.4 Å². The van der Waals surface area contributed by atoms with Gasteiger partial charge in [0.25, 0.3) is 17.5 Å². The molecule has 3 aromatic rings. The Kier molecular flexibility index (Phi) is 7.94. The fourth-order valence-electron chi connectivity index (χ4n) is 3.16. The van der Waals surface area contributed by atoms with Crippen molar-refractivity contribution >= 4 is 52.5 Å². The van der Waals surface area contributed by atoms with E-state index in [0.29, 0.717) is 26.9 Å². The lowest BCUT2D eigenvalue weighted by molar-refractivity contribution is -0.384. The number of benzene rings is 3. The summed E-state index contributed by atoms with van der Waals surface area (Å²) in [6.07, 6.45) is 1.42. The largest absolute Gasteiger partial charge is 0.321 e. The second kappa shape index (κ2) is 10.7. The SMILES string of the molecule is CC(C)(C)c1ccc(C(=O)NC(=Cc2ccc([N+](=O)[O-])cc2)C(=O)Nc2cc(Cl)cc(Cl)c2)cc1. The Morgan fingerprint density at radius 1 is 0.914 bits per heavy atom. The quantitative estimate of drug-likeness (QED) is 0.221. The Morgan fingerprint density at radius 3 is 2.00 bits per heavy atom. The van der Waals surface area contributed by atoms with E-state index in [2.05, 4.69) is 31.4 Å². The number of hydrogen-bond donors (Lipinski definition) is 2. The van der Waals surface area contributed by atoms with Crippen LogP contribution in [-0.4, -0.2) is 16.7 Å². The Hall–Kier alpha value is -3.68. The van der Waals surface area contributed by atoms with Crippen molar-refractivity contribution in [2.75, 3.05) is 5.32 Å². The number of carbonyl (C=O) groups excluding carboxylic acids is 2. The lowest BCUT2D eigenvalue weighted by Crippen LogP contribution is -2.30. The molecule has 0 atom stereocenters. The molecule has 0 heterocycles. The van der Waals surface area contributed by atoms with Crippen molar-refractivity contribution in [3.05, 3.63) is 109 Å². The van der Waals surface area contributed by atoms with Crippen LogP contribution < -0.4 is 10.6 Å². The zero-order chi connectivity index (χ0) is 25.8. The third-order valence-electron chi connectivity index (χ3n) is 5.04. The van der Waals surface area contributed by atoms with E-state index < -0.39 is 16.7 Å². The third-order valence-corrected chi connectivity index (χ3v) is 5.48. The molecule has 0 aliphatic carbocycles. The van der Waals surface area contributed by atoms with Crippen LogP contribution in [-0.2, 0) is 10.2 Å². The van der Waals surface area contributed by atoms with E-state index in [1.165, 1.54) is 48.5 Å². The van der Waals surface area contributed by atoms with E-state index in [4.69, 9.17) is 23.2 Å². The molecule has 0 saturated carbocycles. The fourth-order valence-corrected chi connectivity index (χ4v) is 3.68. The molecular weight excluding hydrogens is 489 g/mol. The van der Waals surface area contributed by atoms with Crippen LogP contribution in [0, 0.1) is 10.1 Å². The zero-order valence-electron chi connectivity index (χ0n) is 19.3. The van der Waals surface area contributed by atoms with Crippen molar-refractivity contribution in [2.24, 2.45) is 0 Å². The zero-order valence-corrected chi connectivity index (χ0v) is 20.8. The minimum absolute atomic E-state index is 0.0696. The number of carbonyl (C=O) groups is 2. The molecule has 3 aromatic carbocycles. The molecule has 2 N–H and O–H groups in total. The van der Waals surface area contributed by atoms with Crippen LogP contribution in [0.4, 0.5) is 11.4 Å². The van der Waals surface area contributed by atoms with Gasteiger partial charge in [-0.15, -0.1) is 0 Å². The van der Waals surface area contributed by atoms with Gasteiger partial charge in [-0.3, -0.25) is 19.7 Å². The second-order valence-corrected chi connectivity index (χ2v) is 9.67. The van der Waals surface area contributed by atoms with E-state index in [9.17, 15) is 19.7 Å². The van der Waals surface area contributed by atoms with Crippen LogP contribution in [0.5, 0.6) is 0 Å². The monoisotopic (exact) mass is 511 g/mol. The first-order chi connectivity index (χ1) is 16.4. The lowest BCUT2D eigenvalue weighted by atomic mass is 9.87. The summed E-state index contributed by atoms with van der Waals surface area (Å²) in [4.78, 5) is 36.4. The van der Waals surface area contributed by atoms with Gasteiger partial charge in [0.1, 0.15) is 5.70 Å². The normalized spacial score (nSPS) is 11.6. The first-order valence-electron chi connectivity index (χ1n) is 10.6. The van der Waals surface area contributed by atoms with Gasteiger partial charge in [0.05, 0.1) is 4.92 Å². The van der Waals surface area contributed by atoms with E-state index in [1.807, 2.05) is 12.1 Å². The van der Waals surface area contributed by atoms with Gasteiger partial charge in [-0.1, -0.05) is 56.1 Å². The van der Waals surface area contributed by atoms with Gasteiger partial charge < -0.3 is 10.6 Å². The number of nitro groups is 1. The number of rotatable bonds is 6. The van der Waals surface area contributed by atoms with E-state index in [0.717, 1.165) is 5.56 Å². The van der Waals surface area contributed by atoms with E-state index in [1.54, 1.807) is 12.1 Å². The topological polar surface area (TPSA) is 101 Å². The molecule has 0 spiro atoms. The van der Waals surface area contributed by atoms with E-state index in [-0.39, 0.29) is 16.8 Å². The highest BCUT2D eigenvalue weighted by atomic mass is 35.5. The first-order valence-corrected chi connectivity index (χ1v) is 11.3. The predicted molar refractivity (Wildman–Crippen MR) is 139 cm³/mol. The molecule has 9 heteroatoms. The number of nitro benzene ring substituents is 1. The van der Waals surface area contributed by atoms with Crippen LogP contribution in [0.25, 0.3) is 6.08 Å². The summed E-state index contributed by atoms with van der Waals surface area (Å²) >= 11 is 12.0. The Balaban J connectivity index is 1.91. The number of nitrogens with one attached hydrogen (secondary N) is 2. The maximum atomic E-state index is 13.1. The molecule has 0 radical (unpaired) electrons. The highest BCUT2D eigenvalue weighted by Crippen LogP contribution is 2.24. The molecule has 0 saturated heterocycles. The standard InChI is InChI=1S/C26H23Cl2N3O4/c1-26(2,3)18-8-6-17(7-9-18)24(32)30-23(12-16-4-10-22(11-5-16)31(34)35)25(33)29-21-14-19(27)13-20(28)15-21/h4-15H,1-3H3,(H,29,33)(H,30,32). The van der Waals surface area contributed by atoms with Gasteiger partial charge >= 0.3 is 0 Å². The molecule has 3 rings (SSSR count). The number of amides is 2. The molecule has 0 bridgehead atoms. The van der Waals surface area contributed by atoms with Crippen LogP contribution in [0.15, 0.2) is 72.4 Å². The molecular formula is C26H23Cl2N3O4. The molecule has 7 nitrogen and oxygen atoms in total. The van der Waals surface area contributed by atoms with Crippen molar-refractivity contribution in [2.45, 2.75) is 26.2 Å². The van der Waals surface area contributed by atoms with Crippen molar-refractivity contribution in [1.29, 1.82) is 0 Å². The van der Waals surface area contributed by atoms with Crippen LogP contribution in [0.3, 0.4) is 0 Å². The summed E-state index contributed by atoms with van der Waals surface area (Å²) < 4.78 is 0. The minimum Gasteiger partial charge on any atom is -0.321 e. The number of nitrogens with zero attached hydrogens (tertiary/aromatic N) is 1. The third kappa shape index (κ3) is 7.15. The number of non-ortho nitro benzene ring substituents is 1. The molecule has 0 fully saturated rings. The van der Waals surface area contributed by atoms with Crippen LogP contribution in [0.1, 0.15) is 42.3 Å². The summed E-state index contributed by atoms with van der Waals surface area (Å²) in [5.74, 6) is -1.11. The highest BCUT2D eigenvalue weighted by Gasteiger charge is 2.18. The summed E-state index contributed by atoms with van der Waals surface area (Å²) in [6.45, 7) is 6.21. The smallest absolute Gasteiger partial charge is 0.272 e. The van der Waals surface area contributed by atoms with Crippen LogP contribution >= 0.6 is 23.2 Å². The van der Waals surface area contributed by atoms with Crippen molar-refractivity contribution in [1.82, 2.24) is 5.32 Å². The van der Waals surface area contributed by atoms with Crippen LogP contribution in [0.2, 0.25) is 10.0 Å². The number of halogens is 2. The lowest BCUT2D eigenvalue weighted by Gasteiger charge is -2.19. The predicted octanol–water partition coefficient (Wildman–Crippen LogP) is 6.61. The van der Waals surface area contributed by atoms with Crippen molar-refractivity contribution in [3.8, 4) is 0 Å². The minimum atomic E-state index is -0.624. The Bertz CT molecular complexity index is 1280. The van der Waals surface area contributed by atoms with Crippen molar-refractivity contribution < 1.29 is 14.5 Å². The van der Waals surface area contributed by atoms with Gasteiger partial charge in [-0.2, -0.15) is 0 Å². The Morgan fingerprint density at radius 2 is 1.49 bits per heavy atom. The maximum absolute atomic E-state index is 13.1. The summed E-state index contributed by atoms with van der Waals surface area (Å²) in [6, 6.07) is 17.2. The van der Waals surface area contributed by atoms with Gasteiger partial charge in [-0.05, 0) is 65.1 Å². The number of anilines is 1. The summed E-state index contributed by atoms with van der Waals surface area (Å²) in [5.41, 5.74) is 2.01. The highest BCUT2D eigenvalue weighted by molar-refractivity contribution is 6.35. The fraction of sp³-hybridized carbons (Fsp3) is 0.154. The first kappa shape index (κ1) is 25.9. The molecule has 0 aliphatic heterocycles. The van der Waals surface area contributed by atoms with Gasteiger partial charge in [0.15, 0.2) is 0 Å². The molecule has 180 valence electrons. The molecule has 0 unspecified atom stereocenters. The van der Waals surface area contributed by atoms with Gasteiger partial charge in [-0.25, -0.2) is 0 Å². The molecule has 2 amide bonds. The maximum Gasteiger partial charge on any atom is 0.272 e. The second-order valence-electron chi connectivity index (χ2n) is 8.80. The van der Waals surface area contributed by atoms with Crippen molar-refractivity contribution in [3.63, 3.8) is 0 Å². The molecule has 0 aromatic heterocycles. The van der Waals surface area contributed by atoms with E-state index >= 15 is 0 Å². The van der Waals surface area contributed by atoms with Gasteiger partial charge in [0.2, 0.25) is 0 Å². The average Bonchev–Trinajstić information content (AvgIpc) is 2.77. The molecule has 0 aliphatic rings. The number of hydrogen-bond acceptors (Lipinski definition) is 4. The average molecular weight is 512 g/mol. The summed E-state index contributed by atoms with van der Waals surface area (Å²) in [7, 11) is 0. The molecule has 35 heavy (non-hydrogen) atoms.